The summed E-state index contributed by atoms with van der Waals surface area (Å²) in [5, 5.41) is 3.35. The number of alkyl halides is 2. The van der Waals surface area contributed by atoms with Gasteiger partial charge < -0.3 is 10.2 Å². The van der Waals surface area contributed by atoms with E-state index < -0.39 is 17.8 Å². The maximum Gasteiger partial charge on any atom is 0.258 e. The van der Waals surface area contributed by atoms with Crippen LogP contribution in [0.3, 0.4) is 0 Å². The van der Waals surface area contributed by atoms with Crippen molar-refractivity contribution in [2.75, 3.05) is 26.2 Å². The molecule has 2 aliphatic heterocycles. The Labute approximate surface area is 128 Å². The number of halogens is 2. The monoisotopic (exact) mass is 306 g/mol. The zero-order chi connectivity index (χ0) is 15.3. The number of fused-ring (bicyclic) bond motifs is 1. The van der Waals surface area contributed by atoms with E-state index in [0.29, 0.717) is 11.5 Å². The van der Waals surface area contributed by atoms with Crippen LogP contribution in [0.5, 0.6) is 0 Å². The zero-order valence-corrected chi connectivity index (χ0v) is 12.4. The fraction of sp³-hybridized carbons (Fsp3) is 0.588. The Hall–Kier alpha value is -1.49. The Kier molecular flexibility index (Phi) is 3.22. The standard InChI is InChI=1S/C17H20F2N2O/c18-17(19)14-9-21(10-15(14)17)16(22)13-3-1-11(2-4-13)7-12-5-6-20-8-12/h1-4,12,14-15,20H,5-10H2. The summed E-state index contributed by atoms with van der Waals surface area (Å²) in [7, 11) is 0. The van der Waals surface area contributed by atoms with E-state index in [-0.39, 0.29) is 19.0 Å². The minimum atomic E-state index is -2.53. The quantitative estimate of drug-likeness (QED) is 0.928. The summed E-state index contributed by atoms with van der Waals surface area (Å²) < 4.78 is 26.4. The molecule has 3 unspecified atom stereocenters. The molecule has 1 amide bonds. The number of amides is 1. The van der Waals surface area contributed by atoms with Crippen molar-refractivity contribution in [2.24, 2.45) is 17.8 Å². The summed E-state index contributed by atoms with van der Waals surface area (Å²) in [5.41, 5.74) is 1.85. The number of benzene rings is 1. The number of piperidine rings is 1. The van der Waals surface area contributed by atoms with Gasteiger partial charge in [0.05, 0.1) is 11.8 Å². The van der Waals surface area contributed by atoms with Gasteiger partial charge >= 0.3 is 0 Å². The third-order valence-electron chi connectivity index (χ3n) is 5.37. The number of nitrogens with zero attached hydrogens (tertiary/aromatic N) is 1. The highest BCUT2D eigenvalue weighted by Crippen LogP contribution is 2.59. The third-order valence-corrected chi connectivity index (χ3v) is 5.37. The number of carbonyl (C=O) groups excluding carboxylic acids is 1. The maximum absolute atomic E-state index is 13.2. The molecule has 1 aliphatic carbocycles. The van der Waals surface area contributed by atoms with Crippen LogP contribution in [0.25, 0.3) is 0 Å². The Morgan fingerprint density at radius 2 is 1.91 bits per heavy atom. The molecule has 4 rings (SSSR count). The molecule has 2 heterocycles. The van der Waals surface area contributed by atoms with Crippen LogP contribution in [0.15, 0.2) is 24.3 Å². The molecule has 5 heteroatoms. The van der Waals surface area contributed by atoms with Crippen molar-refractivity contribution in [3.05, 3.63) is 35.4 Å². The first-order valence-electron chi connectivity index (χ1n) is 8.02. The zero-order valence-electron chi connectivity index (χ0n) is 12.4. The van der Waals surface area contributed by atoms with Gasteiger partial charge in [-0.05, 0) is 49.5 Å². The van der Waals surface area contributed by atoms with Crippen LogP contribution in [0, 0.1) is 17.8 Å². The highest BCUT2D eigenvalue weighted by molar-refractivity contribution is 5.94. The molecule has 0 bridgehead atoms. The summed E-state index contributed by atoms with van der Waals surface area (Å²) in [6.07, 6.45) is 2.23. The lowest BCUT2D eigenvalue weighted by Gasteiger charge is -2.20. The van der Waals surface area contributed by atoms with Crippen LogP contribution < -0.4 is 5.32 Å². The largest absolute Gasteiger partial charge is 0.338 e. The van der Waals surface area contributed by atoms with Gasteiger partial charge in [0, 0.05) is 18.7 Å². The first kappa shape index (κ1) is 14.1. The lowest BCUT2D eigenvalue weighted by atomic mass is 9.98. The maximum atomic E-state index is 13.2. The molecule has 3 atom stereocenters. The van der Waals surface area contributed by atoms with Crippen LogP contribution in [0.4, 0.5) is 8.78 Å². The highest BCUT2D eigenvalue weighted by Gasteiger charge is 2.72. The van der Waals surface area contributed by atoms with Crippen LogP contribution in [-0.4, -0.2) is 42.9 Å². The van der Waals surface area contributed by atoms with Gasteiger partial charge in [-0.2, -0.15) is 0 Å². The molecule has 3 aliphatic rings. The first-order valence-corrected chi connectivity index (χ1v) is 8.02. The summed E-state index contributed by atoms with van der Waals surface area (Å²) >= 11 is 0. The van der Waals surface area contributed by atoms with E-state index in [0.717, 1.165) is 19.5 Å². The molecule has 3 fully saturated rings. The average molecular weight is 306 g/mol. The number of hydrogen-bond acceptors (Lipinski definition) is 2. The van der Waals surface area contributed by atoms with Gasteiger partial charge in [-0.3, -0.25) is 4.79 Å². The molecule has 1 N–H and O–H groups in total. The molecule has 0 spiro atoms. The van der Waals surface area contributed by atoms with Crippen LogP contribution >= 0.6 is 0 Å². The number of likely N-dealkylation sites (tertiary alicyclic amines) is 1. The fourth-order valence-corrected chi connectivity index (χ4v) is 3.86. The van der Waals surface area contributed by atoms with Gasteiger partial charge in [0.2, 0.25) is 0 Å². The molecule has 22 heavy (non-hydrogen) atoms. The second-order valence-corrected chi connectivity index (χ2v) is 6.86. The van der Waals surface area contributed by atoms with E-state index in [1.54, 1.807) is 4.90 Å². The third kappa shape index (κ3) is 2.32. The van der Waals surface area contributed by atoms with Crippen LogP contribution in [0.2, 0.25) is 0 Å². The van der Waals surface area contributed by atoms with Crippen molar-refractivity contribution in [3.63, 3.8) is 0 Å². The molecule has 1 saturated carbocycles. The number of rotatable bonds is 3. The van der Waals surface area contributed by atoms with Gasteiger partial charge in [-0.25, -0.2) is 8.78 Å². The van der Waals surface area contributed by atoms with Gasteiger partial charge in [-0.1, -0.05) is 12.1 Å². The van der Waals surface area contributed by atoms with Gasteiger partial charge in [0.15, 0.2) is 0 Å². The Morgan fingerprint density at radius 1 is 1.23 bits per heavy atom. The summed E-state index contributed by atoms with van der Waals surface area (Å²) in [4.78, 5) is 13.9. The normalized spacial score (nSPS) is 32.1. The van der Waals surface area contributed by atoms with E-state index in [2.05, 4.69) is 5.32 Å². The second kappa shape index (κ2) is 5.01. The molecular weight excluding hydrogens is 286 g/mol. The predicted octanol–water partition coefficient (Wildman–Crippen LogP) is 2.18. The van der Waals surface area contributed by atoms with E-state index >= 15 is 0 Å². The minimum Gasteiger partial charge on any atom is -0.338 e. The van der Waals surface area contributed by atoms with Gasteiger partial charge in [0.1, 0.15) is 0 Å². The van der Waals surface area contributed by atoms with Crippen molar-refractivity contribution in [1.82, 2.24) is 10.2 Å². The molecule has 1 aromatic carbocycles. The average Bonchev–Trinajstić information content (AvgIpc) is 2.98. The van der Waals surface area contributed by atoms with E-state index in [9.17, 15) is 13.6 Å². The first-order chi connectivity index (χ1) is 10.6. The van der Waals surface area contributed by atoms with Crippen LogP contribution in [0.1, 0.15) is 22.3 Å². The molecular formula is C17H20F2N2O. The summed E-state index contributed by atoms with van der Waals surface area (Å²) in [5.74, 6) is -3.18. The molecule has 118 valence electrons. The molecule has 0 aromatic heterocycles. The Balaban J connectivity index is 1.37. The van der Waals surface area contributed by atoms with Crippen molar-refractivity contribution < 1.29 is 13.6 Å². The SMILES string of the molecule is O=C(c1ccc(CC2CCNC2)cc1)N1CC2C(C1)C2(F)F. The summed E-state index contributed by atoms with van der Waals surface area (Å²) in [6.45, 7) is 2.55. The molecule has 1 aromatic rings. The minimum absolute atomic E-state index is 0.114. The Bertz CT molecular complexity index is 567. The van der Waals surface area contributed by atoms with Gasteiger partial charge in [0.25, 0.3) is 11.8 Å². The Morgan fingerprint density at radius 3 is 2.50 bits per heavy atom. The van der Waals surface area contributed by atoms with E-state index in [1.165, 1.54) is 12.0 Å². The number of nitrogens with one attached hydrogen (secondary N) is 1. The van der Waals surface area contributed by atoms with Crippen molar-refractivity contribution in [1.29, 1.82) is 0 Å². The van der Waals surface area contributed by atoms with E-state index in [4.69, 9.17) is 0 Å². The number of hydrogen-bond donors (Lipinski definition) is 1. The second-order valence-electron chi connectivity index (χ2n) is 6.86. The van der Waals surface area contributed by atoms with Gasteiger partial charge in [-0.15, -0.1) is 0 Å². The lowest BCUT2D eigenvalue weighted by Crippen LogP contribution is -2.33. The van der Waals surface area contributed by atoms with Crippen LogP contribution in [-0.2, 0) is 6.42 Å². The summed E-state index contributed by atoms with van der Waals surface area (Å²) in [6, 6.07) is 7.66. The van der Waals surface area contributed by atoms with Crippen molar-refractivity contribution in [2.45, 2.75) is 18.8 Å². The molecule has 0 radical (unpaired) electrons. The highest BCUT2D eigenvalue weighted by atomic mass is 19.3. The number of carbonyl (C=O) groups is 1. The van der Waals surface area contributed by atoms with Crippen molar-refractivity contribution in [3.8, 4) is 0 Å². The molecule has 3 nitrogen and oxygen atoms in total. The van der Waals surface area contributed by atoms with Crippen molar-refractivity contribution >= 4 is 5.91 Å². The topological polar surface area (TPSA) is 32.3 Å². The smallest absolute Gasteiger partial charge is 0.258 e. The molecule has 2 saturated heterocycles. The van der Waals surface area contributed by atoms with E-state index in [1.807, 2.05) is 24.3 Å². The lowest BCUT2D eigenvalue weighted by molar-refractivity contribution is 0.0459. The predicted molar refractivity (Wildman–Crippen MR) is 79.0 cm³/mol. The fourth-order valence-electron chi connectivity index (χ4n) is 3.86.